The highest BCUT2D eigenvalue weighted by Gasteiger charge is 2.03. The number of rotatable bonds is 2. The van der Waals surface area contributed by atoms with Gasteiger partial charge in [-0.25, -0.2) is 0 Å². The Labute approximate surface area is 101 Å². The largest absolute Gasteiger partial charge is 0.398 e. The molecule has 0 aliphatic carbocycles. The minimum atomic E-state index is 0.883. The lowest BCUT2D eigenvalue weighted by atomic mass is 10.2. The first-order valence-electron chi connectivity index (χ1n) is 5.26. The summed E-state index contributed by atoms with van der Waals surface area (Å²) in [5, 5.41) is 0. The number of hydrogen-bond donors (Lipinski definition) is 1. The fraction of sp³-hybridized carbons (Fsp3) is 0.143. The Balaban J connectivity index is 2.31. The molecule has 0 aromatic heterocycles. The highest BCUT2D eigenvalue weighted by atomic mass is 32.2. The van der Waals surface area contributed by atoms with Crippen LogP contribution in [0.25, 0.3) is 0 Å². The van der Waals surface area contributed by atoms with Gasteiger partial charge in [0.1, 0.15) is 0 Å². The lowest BCUT2D eigenvalue weighted by Crippen LogP contribution is -1.91. The molecule has 0 saturated heterocycles. The summed E-state index contributed by atoms with van der Waals surface area (Å²) in [5.74, 6) is 0. The van der Waals surface area contributed by atoms with Gasteiger partial charge < -0.3 is 5.73 Å². The molecule has 0 amide bonds. The summed E-state index contributed by atoms with van der Waals surface area (Å²) in [7, 11) is 0. The van der Waals surface area contributed by atoms with Crippen LogP contribution in [0.1, 0.15) is 11.1 Å². The van der Waals surface area contributed by atoms with Crippen molar-refractivity contribution in [3.63, 3.8) is 0 Å². The van der Waals surface area contributed by atoms with Crippen molar-refractivity contribution in [3.05, 3.63) is 53.6 Å². The van der Waals surface area contributed by atoms with Crippen molar-refractivity contribution in [2.45, 2.75) is 23.6 Å². The van der Waals surface area contributed by atoms with Gasteiger partial charge >= 0.3 is 0 Å². The van der Waals surface area contributed by atoms with Crippen LogP contribution in [0.15, 0.2) is 52.3 Å². The molecular weight excluding hydrogens is 214 g/mol. The molecule has 0 unspecified atom stereocenters. The number of benzene rings is 2. The number of anilines is 1. The normalized spacial score (nSPS) is 10.4. The van der Waals surface area contributed by atoms with Gasteiger partial charge in [-0.3, -0.25) is 0 Å². The molecule has 0 radical (unpaired) electrons. The standard InChI is InChI=1S/C14H15NS/c1-10-5-3-7-12(9-10)16-13-8-4-6-11(2)14(13)15/h3-9H,15H2,1-2H3. The van der Waals surface area contributed by atoms with Crippen LogP contribution >= 0.6 is 11.8 Å². The van der Waals surface area contributed by atoms with Gasteiger partial charge in [0.15, 0.2) is 0 Å². The quantitative estimate of drug-likeness (QED) is 0.787. The predicted molar refractivity (Wildman–Crippen MR) is 70.9 cm³/mol. The Morgan fingerprint density at radius 1 is 1.00 bits per heavy atom. The summed E-state index contributed by atoms with van der Waals surface area (Å²) in [5.41, 5.74) is 9.34. The minimum Gasteiger partial charge on any atom is -0.398 e. The molecule has 0 saturated carbocycles. The van der Waals surface area contributed by atoms with Crippen molar-refractivity contribution >= 4 is 17.4 Å². The third kappa shape index (κ3) is 2.39. The van der Waals surface area contributed by atoms with Crippen LogP contribution in [0, 0.1) is 13.8 Å². The highest BCUT2D eigenvalue weighted by Crippen LogP contribution is 2.33. The molecule has 16 heavy (non-hydrogen) atoms. The second-order valence-electron chi connectivity index (χ2n) is 3.91. The van der Waals surface area contributed by atoms with Crippen molar-refractivity contribution in [2.24, 2.45) is 0 Å². The van der Waals surface area contributed by atoms with E-state index in [0.717, 1.165) is 16.1 Å². The van der Waals surface area contributed by atoms with Gasteiger partial charge in [-0.1, -0.05) is 41.6 Å². The van der Waals surface area contributed by atoms with Crippen LogP contribution in [-0.2, 0) is 0 Å². The fourth-order valence-corrected chi connectivity index (χ4v) is 2.61. The Morgan fingerprint density at radius 2 is 1.75 bits per heavy atom. The summed E-state index contributed by atoms with van der Waals surface area (Å²) in [6.45, 7) is 4.14. The van der Waals surface area contributed by atoms with Crippen LogP contribution in [0.2, 0.25) is 0 Å². The summed E-state index contributed by atoms with van der Waals surface area (Å²) in [6, 6.07) is 14.6. The van der Waals surface area contributed by atoms with E-state index in [-0.39, 0.29) is 0 Å². The molecule has 2 N–H and O–H groups in total. The zero-order chi connectivity index (χ0) is 11.5. The van der Waals surface area contributed by atoms with E-state index in [9.17, 15) is 0 Å². The number of nitrogens with two attached hydrogens (primary N) is 1. The molecule has 2 aromatic rings. The second-order valence-corrected chi connectivity index (χ2v) is 5.02. The van der Waals surface area contributed by atoms with E-state index < -0.39 is 0 Å². The van der Waals surface area contributed by atoms with Crippen molar-refractivity contribution < 1.29 is 0 Å². The van der Waals surface area contributed by atoms with Crippen molar-refractivity contribution in [1.29, 1.82) is 0 Å². The average Bonchev–Trinajstić information content (AvgIpc) is 2.25. The van der Waals surface area contributed by atoms with Gasteiger partial charge in [0.05, 0.1) is 0 Å². The molecule has 0 atom stereocenters. The monoisotopic (exact) mass is 229 g/mol. The van der Waals surface area contributed by atoms with Gasteiger partial charge in [-0.2, -0.15) is 0 Å². The molecule has 0 aliphatic heterocycles. The summed E-state index contributed by atoms with van der Waals surface area (Å²) in [4.78, 5) is 2.36. The van der Waals surface area contributed by atoms with E-state index in [1.165, 1.54) is 10.5 Å². The highest BCUT2D eigenvalue weighted by molar-refractivity contribution is 7.99. The van der Waals surface area contributed by atoms with Crippen LogP contribution in [0.5, 0.6) is 0 Å². The molecule has 0 bridgehead atoms. The van der Waals surface area contributed by atoms with Crippen LogP contribution in [0.3, 0.4) is 0 Å². The van der Waals surface area contributed by atoms with E-state index in [0.29, 0.717) is 0 Å². The summed E-state index contributed by atoms with van der Waals surface area (Å²) >= 11 is 1.72. The second kappa shape index (κ2) is 4.62. The molecule has 0 fully saturated rings. The predicted octanol–water partition coefficient (Wildman–Crippen LogP) is 4.04. The van der Waals surface area contributed by atoms with Crippen molar-refractivity contribution in [2.75, 3.05) is 5.73 Å². The van der Waals surface area contributed by atoms with Crippen LogP contribution in [-0.4, -0.2) is 0 Å². The maximum Gasteiger partial charge on any atom is 0.0485 e. The lowest BCUT2D eigenvalue weighted by Gasteiger charge is -2.08. The molecule has 1 nitrogen and oxygen atoms in total. The third-order valence-electron chi connectivity index (χ3n) is 2.50. The van der Waals surface area contributed by atoms with E-state index in [4.69, 9.17) is 5.73 Å². The van der Waals surface area contributed by atoms with E-state index in [1.54, 1.807) is 11.8 Å². The average molecular weight is 229 g/mol. The smallest absolute Gasteiger partial charge is 0.0485 e. The SMILES string of the molecule is Cc1cccc(Sc2cccc(C)c2N)c1. The molecule has 0 spiro atoms. The van der Waals surface area contributed by atoms with Gasteiger partial charge in [0.2, 0.25) is 0 Å². The number of aryl methyl sites for hydroxylation is 2. The van der Waals surface area contributed by atoms with E-state index in [1.807, 2.05) is 19.1 Å². The zero-order valence-electron chi connectivity index (χ0n) is 9.53. The Bertz CT molecular complexity index is 506. The lowest BCUT2D eigenvalue weighted by molar-refractivity contribution is 1.33. The first-order chi connectivity index (χ1) is 7.66. The minimum absolute atomic E-state index is 0.883. The molecule has 2 rings (SSSR count). The maximum absolute atomic E-state index is 6.05. The Morgan fingerprint density at radius 3 is 2.50 bits per heavy atom. The van der Waals surface area contributed by atoms with Crippen molar-refractivity contribution in [1.82, 2.24) is 0 Å². The van der Waals surface area contributed by atoms with Gasteiger partial charge in [-0.05, 0) is 37.6 Å². The molecule has 82 valence electrons. The molecule has 2 aromatic carbocycles. The van der Waals surface area contributed by atoms with Gasteiger partial charge in [-0.15, -0.1) is 0 Å². The molecular formula is C14H15NS. The fourth-order valence-electron chi connectivity index (χ4n) is 1.55. The number of hydrogen-bond acceptors (Lipinski definition) is 2. The van der Waals surface area contributed by atoms with Crippen molar-refractivity contribution in [3.8, 4) is 0 Å². The number of nitrogen functional groups attached to an aromatic ring is 1. The summed E-state index contributed by atoms with van der Waals surface area (Å²) < 4.78 is 0. The zero-order valence-corrected chi connectivity index (χ0v) is 10.3. The Kier molecular flexibility index (Phi) is 3.20. The molecule has 0 aliphatic rings. The topological polar surface area (TPSA) is 26.0 Å². The van der Waals surface area contributed by atoms with Gasteiger partial charge in [0, 0.05) is 15.5 Å². The third-order valence-corrected chi connectivity index (χ3v) is 3.57. The van der Waals surface area contributed by atoms with Gasteiger partial charge in [0.25, 0.3) is 0 Å². The van der Waals surface area contributed by atoms with E-state index >= 15 is 0 Å². The first-order valence-corrected chi connectivity index (χ1v) is 6.08. The van der Waals surface area contributed by atoms with Crippen LogP contribution < -0.4 is 5.73 Å². The Hall–Kier alpha value is -1.41. The first kappa shape index (κ1) is 11.1. The molecule has 0 heterocycles. The number of para-hydroxylation sites is 1. The van der Waals surface area contributed by atoms with E-state index in [2.05, 4.69) is 37.3 Å². The summed E-state index contributed by atoms with van der Waals surface area (Å²) in [6.07, 6.45) is 0. The maximum atomic E-state index is 6.05. The van der Waals surface area contributed by atoms with Crippen LogP contribution in [0.4, 0.5) is 5.69 Å². The molecule has 2 heteroatoms.